The Morgan fingerprint density at radius 3 is 2.89 bits per heavy atom. The van der Waals surface area contributed by atoms with Crippen molar-refractivity contribution in [2.75, 3.05) is 5.73 Å². The minimum absolute atomic E-state index is 0.624. The highest BCUT2D eigenvalue weighted by Gasteiger charge is 2.14. The monoisotopic (exact) mass is 272 g/mol. The predicted octanol–water partition coefficient (Wildman–Crippen LogP) is 3.35. The van der Waals surface area contributed by atoms with Gasteiger partial charge in [0.25, 0.3) is 0 Å². The molecular formula is C14H13ClN4. The highest BCUT2D eigenvalue weighted by molar-refractivity contribution is 6.31. The third kappa shape index (κ3) is 1.94. The lowest BCUT2D eigenvalue weighted by atomic mass is 10.3. The van der Waals surface area contributed by atoms with E-state index in [1.54, 1.807) is 6.20 Å². The predicted molar refractivity (Wildman–Crippen MR) is 78.1 cm³/mol. The summed E-state index contributed by atoms with van der Waals surface area (Å²) in [7, 11) is 0. The van der Waals surface area contributed by atoms with Gasteiger partial charge in [-0.15, -0.1) is 0 Å². The minimum Gasteiger partial charge on any atom is -0.397 e. The molecule has 0 aliphatic heterocycles. The Labute approximate surface area is 115 Å². The SMILES string of the molecule is CCn1c(-c2ncccc2N)nc2ccc(Cl)cc21. The number of imidazole rings is 1. The van der Waals surface area contributed by atoms with Gasteiger partial charge in [0.1, 0.15) is 5.69 Å². The average molecular weight is 273 g/mol. The van der Waals surface area contributed by atoms with Gasteiger partial charge in [-0.05, 0) is 37.3 Å². The number of anilines is 1. The number of halogens is 1. The van der Waals surface area contributed by atoms with E-state index in [4.69, 9.17) is 17.3 Å². The summed E-state index contributed by atoms with van der Waals surface area (Å²) in [5.74, 6) is 0.776. The van der Waals surface area contributed by atoms with Crippen LogP contribution in [0.5, 0.6) is 0 Å². The summed E-state index contributed by atoms with van der Waals surface area (Å²) in [6.07, 6.45) is 1.72. The van der Waals surface area contributed by atoms with Crippen molar-refractivity contribution in [3.63, 3.8) is 0 Å². The van der Waals surface area contributed by atoms with E-state index >= 15 is 0 Å². The van der Waals surface area contributed by atoms with E-state index in [0.29, 0.717) is 16.4 Å². The van der Waals surface area contributed by atoms with Crippen molar-refractivity contribution in [1.82, 2.24) is 14.5 Å². The maximum absolute atomic E-state index is 6.05. The normalized spacial score (nSPS) is 11.1. The van der Waals surface area contributed by atoms with E-state index in [-0.39, 0.29) is 0 Å². The molecule has 96 valence electrons. The molecule has 3 rings (SSSR count). The van der Waals surface area contributed by atoms with E-state index in [1.165, 1.54) is 0 Å². The summed E-state index contributed by atoms with van der Waals surface area (Å²) in [5, 5.41) is 0.697. The van der Waals surface area contributed by atoms with Crippen LogP contribution in [0.3, 0.4) is 0 Å². The van der Waals surface area contributed by atoms with E-state index in [2.05, 4.69) is 21.5 Å². The van der Waals surface area contributed by atoms with Gasteiger partial charge < -0.3 is 10.3 Å². The summed E-state index contributed by atoms with van der Waals surface area (Å²) >= 11 is 6.05. The van der Waals surface area contributed by atoms with Crippen molar-refractivity contribution in [2.24, 2.45) is 0 Å². The number of nitrogens with zero attached hydrogens (tertiary/aromatic N) is 3. The first-order valence-corrected chi connectivity index (χ1v) is 6.45. The maximum atomic E-state index is 6.05. The van der Waals surface area contributed by atoms with Crippen LogP contribution in [0.4, 0.5) is 5.69 Å². The van der Waals surface area contributed by atoms with Crippen molar-refractivity contribution in [2.45, 2.75) is 13.5 Å². The van der Waals surface area contributed by atoms with Crippen LogP contribution in [0.1, 0.15) is 6.92 Å². The molecule has 0 aliphatic carbocycles. The summed E-state index contributed by atoms with van der Waals surface area (Å²) in [4.78, 5) is 8.95. The number of hydrogen-bond donors (Lipinski definition) is 1. The first kappa shape index (κ1) is 12.0. The molecule has 0 fully saturated rings. The van der Waals surface area contributed by atoms with Crippen molar-refractivity contribution in [3.05, 3.63) is 41.6 Å². The van der Waals surface area contributed by atoms with Gasteiger partial charge in [-0.2, -0.15) is 0 Å². The molecule has 0 aliphatic rings. The Kier molecular flexibility index (Phi) is 2.87. The lowest BCUT2D eigenvalue weighted by Gasteiger charge is -2.07. The molecular weight excluding hydrogens is 260 g/mol. The molecule has 0 bridgehead atoms. The zero-order valence-electron chi connectivity index (χ0n) is 10.5. The van der Waals surface area contributed by atoms with Crippen molar-refractivity contribution >= 4 is 28.3 Å². The highest BCUT2D eigenvalue weighted by atomic mass is 35.5. The van der Waals surface area contributed by atoms with Crippen LogP contribution < -0.4 is 5.73 Å². The standard InChI is InChI=1S/C14H13ClN4/c1-2-19-12-8-9(15)5-6-11(12)18-14(19)13-10(16)4-3-7-17-13/h3-8H,2,16H2,1H3. The number of pyridine rings is 1. The number of rotatable bonds is 2. The van der Waals surface area contributed by atoms with E-state index in [0.717, 1.165) is 23.4 Å². The first-order valence-electron chi connectivity index (χ1n) is 6.07. The summed E-state index contributed by atoms with van der Waals surface area (Å²) in [5.41, 5.74) is 9.21. The molecule has 3 aromatic rings. The Hall–Kier alpha value is -2.07. The smallest absolute Gasteiger partial charge is 0.161 e. The van der Waals surface area contributed by atoms with Gasteiger partial charge in [0.15, 0.2) is 5.82 Å². The molecule has 2 aromatic heterocycles. The van der Waals surface area contributed by atoms with Crippen molar-refractivity contribution < 1.29 is 0 Å². The molecule has 19 heavy (non-hydrogen) atoms. The zero-order chi connectivity index (χ0) is 13.4. The molecule has 5 heteroatoms. The van der Waals surface area contributed by atoms with Gasteiger partial charge in [-0.25, -0.2) is 4.98 Å². The third-order valence-electron chi connectivity index (χ3n) is 3.08. The van der Waals surface area contributed by atoms with E-state index in [9.17, 15) is 0 Å². The fourth-order valence-corrected chi connectivity index (χ4v) is 2.37. The topological polar surface area (TPSA) is 56.7 Å². The molecule has 2 N–H and O–H groups in total. The average Bonchev–Trinajstić information content (AvgIpc) is 2.76. The van der Waals surface area contributed by atoms with Gasteiger partial charge in [0.05, 0.1) is 16.7 Å². The zero-order valence-corrected chi connectivity index (χ0v) is 11.2. The summed E-state index contributed by atoms with van der Waals surface area (Å²) < 4.78 is 2.07. The number of nitrogens with two attached hydrogens (primary N) is 1. The van der Waals surface area contributed by atoms with Crippen LogP contribution in [-0.2, 0) is 6.54 Å². The van der Waals surface area contributed by atoms with Crippen LogP contribution in [0.25, 0.3) is 22.6 Å². The van der Waals surface area contributed by atoms with Crippen LogP contribution in [0.15, 0.2) is 36.5 Å². The lowest BCUT2D eigenvalue weighted by molar-refractivity contribution is 0.793. The molecule has 0 radical (unpaired) electrons. The molecule has 0 saturated heterocycles. The Morgan fingerprint density at radius 2 is 2.16 bits per heavy atom. The van der Waals surface area contributed by atoms with Gasteiger partial charge in [-0.3, -0.25) is 4.98 Å². The second kappa shape index (κ2) is 4.55. The van der Waals surface area contributed by atoms with Crippen molar-refractivity contribution in [1.29, 1.82) is 0 Å². The number of nitrogen functional groups attached to an aromatic ring is 1. The van der Waals surface area contributed by atoms with Gasteiger partial charge in [0.2, 0.25) is 0 Å². The quantitative estimate of drug-likeness (QED) is 0.778. The molecule has 0 spiro atoms. The van der Waals surface area contributed by atoms with Crippen LogP contribution in [0, 0.1) is 0 Å². The Bertz CT molecular complexity index is 748. The maximum Gasteiger partial charge on any atom is 0.161 e. The van der Waals surface area contributed by atoms with Crippen LogP contribution in [-0.4, -0.2) is 14.5 Å². The molecule has 0 atom stereocenters. The summed E-state index contributed by atoms with van der Waals surface area (Å²) in [6, 6.07) is 9.30. The van der Waals surface area contributed by atoms with Gasteiger partial charge in [0, 0.05) is 17.8 Å². The third-order valence-corrected chi connectivity index (χ3v) is 3.31. The largest absolute Gasteiger partial charge is 0.397 e. The Balaban J connectivity index is 2.33. The minimum atomic E-state index is 0.624. The number of benzene rings is 1. The van der Waals surface area contributed by atoms with Gasteiger partial charge >= 0.3 is 0 Å². The van der Waals surface area contributed by atoms with Crippen LogP contribution in [0.2, 0.25) is 5.02 Å². The number of fused-ring (bicyclic) bond motifs is 1. The second-order valence-corrected chi connectivity index (χ2v) is 4.69. The first-order chi connectivity index (χ1) is 9.20. The fraction of sp³-hybridized carbons (Fsp3) is 0.143. The number of aromatic nitrogens is 3. The molecule has 2 heterocycles. The summed E-state index contributed by atoms with van der Waals surface area (Å²) in [6.45, 7) is 2.84. The number of aryl methyl sites for hydroxylation is 1. The molecule has 0 unspecified atom stereocenters. The van der Waals surface area contributed by atoms with E-state index < -0.39 is 0 Å². The Morgan fingerprint density at radius 1 is 1.32 bits per heavy atom. The lowest BCUT2D eigenvalue weighted by Crippen LogP contribution is -2.01. The molecule has 0 saturated carbocycles. The number of hydrogen-bond acceptors (Lipinski definition) is 3. The molecule has 4 nitrogen and oxygen atoms in total. The second-order valence-electron chi connectivity index (χ2n) is 4.25. The van der Waals surface area contributed by atoms with Crippen LogP contribution >= 0.6 is 11.6 Å². The highest BCUT2D eigenvalue weighted by Crippen LogP contribution is 2.28. The van der Waals surface area contributed by atoms with Crippen molar-refractivity contribution in [3.8, 4) is 11.5 Å². The fourth-order valence-electron chi connectivity index (χ4n) is 2.20. The molecule has 1 aromatic carbocycles. The van der Waals surface area contributed by atoms with E-state index in [1.807, 2.05) is 30.3 Å². The van der Waals surface area contributed by atoms with Gasteiger partial charge in [-0.1, -0.05) is 11.6 Å². The molecule has 0 amide bonds.